The molecule has 0 unspecified atom stereocenters. The van der Waals surface area contributed by atoms with Crippen LogP contribution in [-0.2, 0) is 5.41 Å². The molecule has 1 saturated heterocycles. The zero-order valence-corrected chi connectivity index (χ0v) is 12.5. The van der Waals surface area contributed by atoms with Crippen LogP contribution in [0.5, 0.6) is 11.5 Å². The molecule has 0 radical (unpaired) electrons. The van der Waals surface area contributed by atoms with Crippen molar-refractivity contribution in [1.82, 2.24) is 5.32 Å². The quantitative estimate of drug-likeness (QED) is 0.909. The first-order valence-corrected chi connectivity index (χ1v) is 7.06. The second-order valence-corrected chi connectivity index (χ2v) is 6.18. The second kappa shape index (κ2) is 5.83. The highest BCUT2D eigenvalue weighted by atomic mass is 16.5. The Morgan fingerprint density at radius 1 is 1.16 bits per heavy atom. The predicted octanol–water partition coefficient (Wildman–Crippen LogP) is 3.12. The van der Waals surface area contributed by atoms with Gasteiger partial charge in [-0.1, -0.05) is 20.8 Å². The van der Waals surface area contributed by atoms with Crippen LogP contribution in [0.15, 0.2) is 18.2 Å². The van der Waals surface area contributed by atoms with Crippen LogP contribution in [0.4, 0.5) is 0 Å². The van der Waals surface area contributed by atoms with Gasteiger partial charge in [0.2, 0.25) is 0 Å². The Morgan fingerprint density at radius 2 is 1.84 bits per heavy atom. The summed E-state index contributed by atoms with van der Waals surface area (Å²) >= 11 is 0. The number of rotatable bonds is 3. The third kappa shape index (κ3) is 3.63. The van der Waals surface area contributed by atoms with E-state index in [0.717, 1.165) is 37.4 Å². The summed E-state index contributed by atoms with van der Waals surface area (Å²) in [5, 5.41) is 3.36. The van der Waals surface area contributed by atoms with Crippen molar-refractivity contribution in [2.45, 2.75) is 45.1 Å². The molecule has 3 nitrogen and oxygen atoms in total. The van der Waals surface area contributed by atoms with Crippen LogP contribution >= 0.6 is 0 Å². The zero-order chi connectivity index (χ0) is 13.9. The molecule has 1 aromatic carbocycles. The van der Waals surface area contributed by atoms with Crippen LogP contribution in [0.2, 0.25) is 0 Å². The summed E-state index contributed by atoms with van der Waals surface area (Å²) in [6, 6.07) is 6.11. The van der Waals surface area contributed by atoms with Crippen LogP contribution < -0.4 is 14.8 Å². The third-order valence-electron chi connectivity index (χ3n) is 3.57. The highest BCUT2D eigenvalue weighted by Crippen LogP contribution is 2.35. The van der Waals surface area contributed by atoms with Gasteiger partial charge < -0.3 is 14.8 Å². The highest BCUT2D eigenvalue weighted by Gasteiger charge is 2.22. The van der Waals surface area contributed by atoms with E-state index < -0.39 is 0 Å². The summed E-state index contributed by atoms with van der Waals surface area (Å²) in [5.74, 6) is 1.89. The molecule has 0 bridgehead atoms. The summed E-state index contributed by atoms with van der Waals surface area (Å²) in [6.07, 6.45) is 2.49. The molecule has 0 atom stereocenters. The minimum Gasteiger partial charge on any atom is -0.497 e. The van der Waals surface area contributed by atoms with Gasteiger partial charge in [0, 0.05) is 5.56 Å². The molecule has 1 heterocycles. The van der Waals surface area contributed by atoms with Crippen LogP contribution in [0, 0.1) is 0 Å². The summed E-state index contributed by atoms with van der Waals surface area (Å²) < 4.78 is 11.5. The van der Waals surface area contributed by atoms with Crippen molar-refractivity contribution in [3.63, 3.8) is 0 Å². The van der Waals surface area contributed by atoms with Gasteiger partial charge in [0.1, 0.15) is 17.6 Å². The first kappa shape index (κ1) is 14.2. The Labute approximate surface area is 116 Å². The topological polar surface area (TPSA) is 30.5 Å². The normalized spacial score (nSPS) is 17.3. The molecule has 0 saturated carbocycles. The monoisotopic (exact) mass is 263 g/mol. The molecule has 106 valence electrons. The van der Waals surface area contributed by atoms with Crippen molar-refractivity contribution in [3.05, 3.63) is 23.8 Å². The molecule has 19 heavy (non-hydrogen) atoms. The minimum absolute atomic E-state index is 0.0524. The third-order valence-corrected chi connectivity index (χ3v) is 3.57. The van der Waals surface area contributed by atoms with Gasteiger partial charge in [0.25, 0.3) is 0 Å². The molecule has 3 heteroatoms. The first-order chi connectivity index (χ1) is 9.00. The van der Waals surface area contributed by atoms with Gasteiger partial charge in [0.05, 0.1) is 7.11 Å². The van der Waals surface area contributed by atoms with Gasteiger partial charge in [-0.3, -0.25) is 0 Å². The van der Waals surface area contributed by atoms with E-state index >= 15 is 0 Å². The van der Waals surface area contributed by atoms with Crippen LogP contribution in [0.25, 0.3) is 0 Å². The Balaban J connectivity index is 2.23. The summed E-state index contributed by atoms with van der Waals surface area (Å²) in [6.45, 7) is 8.71. The Morgan fingerprint density at radius 3 is 2.42 bits per heavy atom. The van der Waals surface area contributed by atoms with E-state index in [9.17, 15) is 0 Å². The second-order valence-electron chi connectivity index (χ2n) is 6.18. The number of ether oxygens (including phenoxy) is 2. The molecule has 0 amide bonds. The standard InChI is InChI=1S/C16H25NO2/c1-16(2,3)14-11-13(18-4)5-6-15(14)19-12-7-9-17-10-8-12/h5-6,11-12,17H,7-10H2,1-4H3. The lowest BCUT2D eigenvalue weighted by Gasteiger charge is -2.28. The van der Waals surface area contributed by atoms with Crippen molar-refractivity contribution >= 4 is 0 Å². The number of nitrogens with one attached hydrogen (secondary N) is 1. The van der Waals surface area contributed by atoms with Crippen molar-refractivity contribution in [1.29, 1.82) is 0 Å². The molecular weight excluding hydrogens is 238 g/mol. The maximum absolute atomic E-state index is 6.22. The zero-order valence-electron chi connectivity index (χ0n) is 12.5. The molecule has 1 N–H and O–H groups in total. The Bertz CT molecular complexity index is 417. The lowest BCUT2D eigenvalue weighted by atomic mass is 9.86. The molecule has 0 spiro atoms. The van der Waals surface area contributed by atoms with Crippen molar-refractivity contribution in [3.8, 4) is 11.5 Å². The molecule has 1 aromatic rings. The van der Waals surface area contributed by atoms with Crippen LogP contribution in [0.3, 0.4) is 0 Å². The van der Waals surface area contributed by atoms with Gasteiger partial charge >= 0.3 is 0 Å². The smallest absolute Gasteiger partial charge is 0.123 e. The molecule has 1 fully saturated rings. The maximum Gasteiger partial charge on any atom is 0.123 e. The molecule has 1 aliphatic rings. The highest BCUT2D eigenvalue weighted by molar-refractivity contribution is 5.44. The van der Waals surface area contributed by atoms with E-state index in [4.69, 9.17) is 9.47 Å². The number of benzene rings is 1. The molecule has 2 rings (SSSR count). The van der Waals surface area contributed by atoms with Gasteiger partial charge in [-0.2, -0.15) is 0 Å². The lowest BCUT2D eigenvalue weighted by molar-refractivity contribution is 0.159. The molecule has 0 aliphatic carbocycles. The van der Waals surface area contributed by atoms with Gasteiger partial charge in [-0.25, -0.2) is 0 Å². The molecule has 1 aliphatic heterocycles. The average Bonchev–Trinajstić information content (AvgIpc) is 2.39. The van der Waals surface area contributed by atoms with Crippen molar-refractivity contribution in [2.24, 2.45) is 0 Å². The summed E-state index contributed by atoms with van der Waals surface area (Å²) in [5.41, 5.74) is 1.27. The maximum atomic E-state index is 6.22. The van der Waals surface area contributed by atoms with E-state index in [-0.39, 0.29) is 5.41 Å². The predicted molar refractivity (Wildman–Crippen MR) is 78.2 cm³/mol. The summed E-state index contributed by atoms with van der Waals surface area (Å²) in [7, 11) is 1.70. The fraction of sp³-hybridized carbons (Fsp3) is 0.625. The minimum atomic E-state index is 0.0524. The van der Waals surface area contributed by atoms with Crippen molar-refractivity contribution < 1.29 is 9.47 Å². The largest absolute Gasteiger partial charge is 0.497 e. The average molecular weight is 263 g/mol. The summed E-state index contributed by atoms with van der Waals surface area (Å²) in [4.78, 5) is 0. The van der Waals surface area contributed by atoms with E-state index in [2.05, 4.69) is 32.2 Å². The van der Waals surface area contributed by atoms with E-state index in [1.807, 2.05) is 12.1 Å². The SMILES string of the molecule is COc1ccc(OC2CCNCC2)c(C(C)(C)C)c1. The van der Waals surface area contributed by atoms with E-state index in [1.165, 1.54) is 5.56 Å². The van der Waals surface area contributed by atoms with Crippen LogP contribution in [0.1, 0.15) is 39.2 Å². The van der Waals surface area contributed by atoms with Crippen molar-refractivity contribution in [2.75, 3.05) is 20.2 Å². The van der Waals surface area contributed by atoms with Gasteiger partial charge in [-0.05, 0) is 49.5 Å². The molecule has 0 aromatic heterocycles. The molecular formula is C16H25NO2. The fourth-order valence-corrected chi connectivity index (χ4v) is 2.42. The van der Waals surface area contributed by atoms with E-state index in [1.54, 1.807) is 7.11 Å². The number of hydrogen-bond donors (Lipinski definition) is 1. The fourth-order valence-electron chi connectivity index (χ4n) is 2.42. The number of hydrogen-bond acceptors (Lipinski definition) is 3. The Kier molecular flexibility index (Phi) is 4.35. The Hall–Kier alpha value is -1.22. The lowest BCUT2D eigenvalue weighted by Crippen LogP contribution is -2.34. The van der Waals surface area contributed by atoms with Gasteiger partial charge in [0.15, 0.2) is 0 Å². The number of methoxy groups -OCH3 is 1. The van der Waals surface area contributed by atoms with Gasteiger partial charge in [-0.15, -0.1) is 0 Å². The first-order valence-electron chi connectivity index (χ1n) is 7.06. The van der Waals surface area contributed by atoms with E-state index in [0.29, 0.717) is 6.10 Å². The number of piperidine rings is 1. The van der Waals surface area contributed by atoms with Crippen LogP contribution in [-0.4, -0.2) is 26.3 Å².